The molecule has 10 fully saturated rings. The molecule has 0 spiro atoms. The Kier molecular flexibility index (Phi) is 39.8. The molecule has 0 aromatic rings. The fourth-order valence-electron chi connectivity index (χ4n) is 16.6. The van der Waals surface area contributed by atoms with Crippen LogP contribution in [0.25, 0.3) is 0 Å². The van der Waals surface area contributed by atoms with Crippen LogP contribution in [0, 0.1) is 0 Å². The van der Waals surface area contributed by atoms with Gasteiger partial charge < -0.3 is 264 Å². The third kappa shape index (κ3) is 24.2. The van der Waals surface area contributed by atoms with E-state index in [0.29, 0.717) is 0 Å². The first-order chi connectivity index (χ1) is 61.7. The molecule has 51 atom stereocenters. The number of amides is 5. The number of aliphatic hydroxyl groups is 28. The van der Waals surface area contributed by atoms with Gasteiger partial charge in [-0.1, -0.05) is 0 Å². The van der Waals surface area contributed by atoms with Crippen LogP contribution in [0.5, 0.6) is 0 Å². The van der Waals surface area contributed by atoms with Crippen molar-refractivity contribution in [2.45, 2.75) is 341 Å². The van der Waals surface area contributed by atoms with Gasteiger partial charge in [0.05, 0.1) is 85.3 Å². The largest absolute Gasteiger partial charge is 0.394 e. The maximum Gasteiger partial charge on any atom is 0.217 e. The summed E-state index contributed by atoms with van der Waals surface area (Å²) in [7, 11) is 0. The highest BCUT2D eigenvalue weighted by Crippen LogP contribution is 2.41. The van der Waals surface area contributed by atoms with Gasteiger partial charge in [0.15, 0.2) is 62.9 Å². The lowest BCUT2D eigenvalue weighted by atomic mass is 9.93. The van der Waals surface area contributed by atoms with Crippen LogP contribution in [0.1, 0.15) is 27.7 Å². The second kappa shape index (κ2) is 48.1. The molecule has 0 aromatic carbocycles. The van der Waals surface area contributed by atoms with Gasteiger partial charge in [-0.3, -0.25) is 24.0 Å². The molecule has 0 bridgehead atoms. The summed E-state index contributed by atoms with van der Waals surface area (Å²) in [4.78, 5) is 63.3. The molecule has 0 radical (unpaired) electrons. The summed E-state index contributed by atoms with van der Waals surface area (Å²) < 4.78 is 118. The molecular formula is C72H121N5O53. The molecule has 10 aliphatic rings. The quantitative estimate of drug-likeness (QED) is 0.0255. The van der Waals surface area contributed by atoms with Crippen LogP contribution in [0.3, 0.4) is 0 Å². The maximum absolute atomic E-state index is 13.2. The zero-order valence-electron chi connectivity index (χ0n) is 69.7. The number of hydrogen-bond acceptors (Lipinski definition) is 53. The van der Waals surface area contributed by atoms with Crippen molar-refractivity contribution in [3.63, 3.8) is 0 Å². The Morgan fingerprint density at radius 3 is 0.769 bits per heavy atom. The maximum atomic E-state index is 13.2. The van der Waals surface area contributed by atoms with E-state index in [-0.39, 0.29) is 6.41 Å². The van der Waals surface area contributed by atoms with Crippen molar-refractivity contribution in [2.75, 3.05) is 79.3 Å². The van der Waals surface area contributed by atoms with E-state index in [2.05, 4.69) is 26.6 Å². The van der Waals surface area contributed by atoms with Gasteiger partial charge in [-0.15, -0.1) is 0 Å². The lowest BCUT2D eigenvalue weighted by Crippen LogP contribution is -2.71. The highest BCUT2D eigenvalue weighted by Gasteiger charge is 2.62. The summed E-state index contributed by atoms with van der Waals surface area (Å²) in [5.74, 6) is -3.89. The minimum atomic E-state index is -2.55. The molecule has 33 N–H and O–H groups in total. The molecule has 752 valence electrons. The van der Waals surface area contributed by atoms with Crippen molar-refractivity contribution in [1.82, 2.24) is 26.6 Å². The van der Waals surface area contributed by atoms with Crippen molar-refractivity contribution in [1.29, 1.82) is 0 Å². The predicted octanol–water partition coefficient (Wildman–Crippen LogP) is -23.1. The highest BCUT2D eigenvalue weighted by molar-refractivity contribution is 5.74. The van der Waals surface area contributed by atoms with Gasteiger partial charge in [0.1, 0.15) is 244 Å². The third-order valence-electron chi connectivity index (χ3n) is 23.4. The predicted molar refractivity (Wildman–Crippen MR) is 400 cm³/mol. The second-order valence-corrected chi connectivity index (χ2v) is 32.4. The van der Waals surface area contributed by atoms with Gasteiger partial charge >= 0.3 is 0 Å². The molecule has 0 saturated carbocycles. The normalized spacial score (nSPS) is 47.6. The molecule has 58 nitrogen and oxygen atoms in total. The Balaban J connectivity index is 0.916. The molecule has 10 saturated heterocycles. The minimum Gasteiger partial charge on any atom is -0.394 e. The first-order valence-electron chi connectivity index (χ1n) is 41.4. The van der Waals surface area contributed by atoms with Gasteiger partial charge in [-0.05, 0) is 0 Å². The minimum absolute atomic E-state index is 0.238. The van der Waals surface area contributed by atoms with Crippen molar-refractivity contribution >= 4 is 30.0 Å². The molecule has 10 rings (SSSR count). The van der Waals surface area contributed by atoms with Crippen molar-refractivity contribution in [2.24, 2.45) is 0 Å². The molecule has 10 heterocycles. The standard InChI is InChI=1S/C72H121N5O53/c1-18(89)74-33-42(98)55(125-70-52(108)60(39(95)25(8-81)115-70)128-64-34(75-19(2)90)43(99)56(28(11-84)118-64)123-68-49(105)46(102)37(93)23(6-79)113-68)27(10-83)117-63(33)112-16-32-41(97)62(130-66-35(76-20(3)91)44(100)57(29(12-85)119-66)124-69-50(106)47(103)38(94)24(7-80)114-69)54(110)72(122-32)126-58-30(13-86)120-65(36(45(58)101)77-21(4)92)129-61-40(96)26(9-82)116-71(53(61)109)127-59-31(14-87)121-67(51(107)48(59)104)111-15-22(5-78)73-17-88/h17,22-72,78-87,93-110H,5-16H2,1-4H3,(H,73,88)(H,74,89)(H,75,90)(H,76,91)(H,77,92)/t22-,23-,24-,25-,26-,27-,28-,29-,30-,31-,32-,33-,34-,35-,36-,37+,38+,39+,40+,41+,42-,43-,44-,45-,46+,47+,48-,49-,50-,51-,52-,53-,54-,55-,56-,57-,58-,59-,60+,61+,62+,63-,64+,65+,66+,67-,68+,69+,70+,71+,72+/m1/s1. The highest BCUT2D eigenvalue weighted by atomic mass is 16.8. The lowest BCUT2D eigenvalue weighted by Gasteiger charge is -2.51. The molecule has 0 aromatic heterocycles. The number of ether oxygens (including phenoxy) is 20. The molecular weight excluding hydrogens is 1780 g/mol. The molecule has 130 heavy (non-hydrogen) atoms. The fourth-order valence-corrected chi connectivity index (χ4v) is 16.6. The van der Waals surface area contributed by atoms with Gasteiger partial charge in [-0.2, -0.15) is 0 Å². The number of nitrogens with one attached hydrogen (secondary N) is 5. The molecule has 10 aliphatic heterocycles. The summed E-state index contributed by atoms with van der Waals surface area (Å²) in [5.41, 5.74) is 0. The SMILES string of the molecule is CC(=O)N[C@H]1[C@H](O[C@H]2[C@@H](O)[C@@H](CO)O[C@@H](O[C@H]3[C@H](O)[C@@H](NC(C)=O)[C@H](OC[C@H]4O[C@@H](O[C@H]5[C@H](O)[C@@H](NC(C)=O)[C@H](O[C@H]6[C@@H](O)[C@@H](CO)O[C@@H](O[C@H]7[C@H](O)[C@@H](O)[C@H](OC[C@@H](CO)NC=O)O[C@@H]7CO)[C@@H]6O)O[C@@H]5CO)[C@H](O)[C@@H](O[C@@H]5O[C@H](CO)[C@@H](O[C@@H]6O[C@H](CO)[C@H](O)[C@H](O)[C@H]6O)[C@H](O)[C@H]5NC(C)=O)[C@H]4O)O[C@@H]3CO)[C@@H]2O)O[C@H](CO)[C@@H](O[C@@H]2O[C@H](CO)[C@H](O)[C@H](O)[C@H]2O)[C@@H]1O. The van der Waals surface area contributed by atoms with E-state index in [4.69, 9.17) is 94.7 Å². The Morgan fingerprint density at radius 2 is 0.485 bits per heavy atom. The zero-order valence-corrected chi connectivity index (χ0v) is 69.7. The van der Waals surface area contributed by atoms with Crippen LogP contribution in [0.4, 0.5) is 0 Å². The Labute approximate surface area is 736 Å². The van der Waals surface area contributed by atoms with Gasteiger partial charge in [-0.25, -0.2) is 0 Å². The average Bonchev–Trinajstić information content (AvgIpc) is 0.765. The second-order valence-electron chi connectivity index (χ2n) is 32.4. The molecule has 0 aliphatic carbocycles. The zero-order chi connectivity index (χ0) is 95.6. The first kappa shape index (κ1) is 107. The van der Waals surface area contributed by atoms with Crippen molar-refractivity contribution < 1.29 is 262 Å². The number of rotatable bonds is 38. The van der Waals surface area contributed by atoms with Crippen LogP contribution in [0.2, 0.25) is 0 Å². The van der Waals surface area contributed by atoms with Crippen LogP contribution < -0.4 is 26.6 Å². The van der Waals surface area contributed by atoms with E-state index in [0.717, 1.165) is 27.7 Å². The van der Waals surface area contributed by atoms with Crippen LogP contribution >= 0.6 is 0 Å². The average molecular weight is 1900 g/mol. The van der Waals surface area contributed by atoms with Crippen molar-refractivity contribution in [3.8, 4) is 0 Å². The Morgan fingerprint density at radius 1 is 0.254 bits per heavy atom. The number of carbonyl (C=O) groups excluding carboxylic acids is 5. The molecule has 5 amide bonds. The van der Waals surface area contributed by atoms with E-state index in [1.54, 1.807) is 0 Å². The van der Waals surface area contributed by atoms with E-state index in [1.165, 1.54) is 0 Å². The lowest BCUT2D eigenvalue weighted by molar-refractivity contribution is -0.390. The van der Waals surface area contributed by atoms with Crippen molar-refractivity contribution in [3.05, 3.63) is 0 Å². The van der Waals surface area contributed by atoms with Crippen LogP contribution in [-0.2, 0) is 119 Å². The first-order valence-corrected chi connectivity index (χ1v) is 41.4. The monoisotopic (exact) mass is 1900 g/mol. The summed E-state index contributed by atoms with van der Waals surface area (Å²) in [6.45, 7) is -8.56. The van der Waals surface area contributed by atoms with Crippen LogP contribution in [0.15, 0.2) is 0 Å². The molecule has 58 heteroatoms. The molecule has 0 unspecified atom stereocenters. The summed E-state index contributed by atoms with van der Waals surface area (Å²) >= 11 is 0. The fraction of sp³-hybridized carbons (Fsp3) is 0.931. The number of carbonyl (C=O) groups is 5. The van der Waals surface area contributed by atoms with Crippen LogP contribution in [-0.4, -0.2) is 565 Å². The van der Waals surface area contributed by atoms with E-state index in [9.17, 15) is 167 Å². The number of aliphatic hydroxyl groups excluding tert-OH is 28. The van der Waals surface area contributed by atoms with Gasteiger partial charge in [0.2, 0.25) is 30.0 Å². The smallest absolute Gasteiger partial charge is 0.217 e. The topological polar surface area (TPSA) is 897 Å². The van der Waals surface area contributed by atoms with E-state index in [1.807, 2.05) is 0 Å². The third-order valence-corrected chi connectivity index (χ3v) is 23.4. The Hall–Kier alpha value is -4.57. The van der Waals surface area contributed by atoms with E-state index >= 15 is 0 Å². The summed E-state index contributed by atoms with van der Waals surface area (Å²) in [6, 6.07) is -8.91. The van der Waals surface area contributed by atoms with Gasteiger partial charge in [0.25, 0.3) is 0 Å². The summed E-state index contributed by atoms with van der Waals surface area (Å²) in [6.07, 6.45) is -95.1. The van der Waals surface area contributed by atoms with E-state index < -0.39 is 416 Å². The summed E-state index contributed by atoms with van der Waals surface area (Å²) in [5, 5.41) is 324. The van der Waals surface area contributed by atoms with Gasteiger partial charge in [0, 0.05) is 27.7 Å². The Bertz CT molecular complexity index is 3500. The number of hydrogen-bond donors (Lipinski definition) is 33.